The Balaban J connectivity index is 2.27. The van der Waals surface area contributed by atoms with Gasteiger partial charge >= 0.3 is 12.1 Å². The van der Waals surface area contributed by atoms with Gasteiger partial charge in [0, 0.05) is 5.92 Å². The molecule has 0 aliphatic heterocycles. The van der Waals surface area contributed by atoms with Crippen LogP contribution in [0.1, 0.15) is 51.7 Å². The van der Waals surface area contributed by atoms with E-state index in [2.05, 4.69) is 5.32 Å². The van der Waals surface area contributed by atoms with Crippen molar-refractivity contribution in [3.8, 4) is 0 Å². The van der Waals surface area contributed by atoms with Crippen molar-refractivity contribution in [2.24, 2.45) is 0 Å². The number of halogens is 4. The summed E-state index contributed by atoms with van der Waals surface area (Å²) in [5.41, 5.74) is 0.104. The van der Waals surface area contributed by atoms with Crippen molar-refractivity contribution < 1.29 is 27.8 Å². The van der Waals surface area contributed by atoms with Crippen LogP contribution in [0.4, 0.5) is 13.6 Å². The zero-order chi connectivity index (χ0) is 24.2. The Morgan fingerprint density at radius 2 is 1.41 bits per heavy atom. The van der Waals surface area contributed by atoms with Gasteiger partial charge < -0.3 is 14.8 Å². The molecule has 1 amide bonds. The van der Waals surface area contributed by atoms with E-state index in [1.165, 1.54) is 31.2 Å². The van der Waals surface area contributed by atoms with Crippen LogP contribution in [0.3, 0.4) is 0 Å². The van der Waals surface area contributed by atoms with Crippen LogP contribution in [-0.4, -0.2) is 29.8 Å². The highest BCUT2D eigenvalue weighted by atomic mass is 35.5. The summed E-state index contributed by atoms with van der Waals surface area (Å²) in [5, 5.41) is 2.25. The minimum absolute atomic E-state index is 0.0744. The lowest BCUT2D eigenvalue weighted by atomic mass is 9.87. The summed E-state index contributed by atoms with van der Waals surface area (Å²) in [7, 11) is 0. The van der Waals surface area contributed by atoms with Crippen molar-refractivity contribution in [3.05, 3.63) is 69.2 Å². The molecular formula is C23H25Cl2F2NO4. The smallest absolute Gasteiger partial charge is 0.408 e. The summed E-state index contributed by atoms with van der Waals surface area (Å²) < 4.78 is 38.9. The normalized spacial score (nSPS) is 13.4. The molecule has 2 atom stereocenters. The molecule has 174 valence electrons. The molecule has 0 unspecified atom stereocenters. The SMILES string of the molecule is C[C@H](NC(=O)OC(C)(C)C)C(=O)O[C@@H](C)C(c1ccc(Cl)c(F)c1)c1ccc(Cl)c(F)c1. The Morgan fingerprint density at radius 3 is 1.81 bits per heavy atom. The van der Waals surface area contributed by atoms with Gasteiger partial charge in [0.25, 0.3) is 0 Å². The molecule has 32 heavy (non-hydrogen) atoms. The molecule has 0 fully saturated rings. The quantitative estimate of drug-likeness (QED) is 0.489. The molecule has 9 heteroatoms. The van der Waals surface area contributed by atoms with Crippen LogP contribution in [0.5, 0.6) is 0 Å². The zero-order valence-electron chi connectivity index (χ0n) is 18.3. The molecule has 0 bridgehead atoms. The first-order valence-electron chi connectivity index (χ1n) is 9.88. The predicted molar refractivity (Wildman–Crippen MR) is 119 cm³/mol. The van der Waals surface area contributed by atoms with Gasteiger partial charge in [-0.2, -0.15) is 0 Å². The first kappa shape index (κ1) is 25.9. The standard InChI is InChI=1S/C23H25Cl2F2NO4/c1-12(28-22(30)32-23(3,4)5)21(29)31-13(2)20(14-6-8-16(24)18(26)10-14)15-7-9-17(25)19(27)11-15/h6-13,20H,1-5H3,(H,28,30)/t12-,13-/m0/s1. The summed E-state index contributed by atoms with van der Waals surface area (Å²) in [6.07, 6.45) is -1.63. The van der Waals surface area contributed by atoms with E-state index < -0.39 is 47.4 Å². The van der Waals surface area contributed by atoms with Crippen LogP contribution in [-0.2, 0) is 14.3 Å². The van der Waals surface area contributed by atoms with Crippen LogP contribution in [0, 0.1) is 11.6 Å². The molecule has 0 spiro atoms. The summed E-state index contributed by atoms with van der Waals surface area (Å²) in [4.78, 5) is 24.5. The van der Waals surface area contributed by atoms with Gasteiger partial charge in [-0.25, -0.2) is 18.4 Å². The van der Waals surface area contributed by atoms with E-state index in [0.29, 0.717) is 11.1 Å². The second-order valence-corrected chi connectivity index (χ2v) is 9.15. The number of carbonyl (C=O) groups excluding carboxylic acids is 2. The fourth-order valence-corrected chi connectivity index (χ4v) is 3.28. The summed E-state index contributed by atoms with van der Waals surface area (Å²) in [6.45, 7) is 8.11. The summed E-state index contributed by atoms with van der Waals surface area (Å²) in [6, 6.07) is 7.25. The average molecular weight is 488 g/mol. The number of ether oxygens (including phenoxy) is 2. The number of rotatable bonds is 6. The molecule has 2 aromatic rings. The molecule has 0 aromatic heterocycles. The number of nitrogens with one attached hydrogen (secondary N) is 1. The van der Waals surface area contributed by atoms with Gasteiger partial charge in [-0.3, -0.25) is 0 Å². The van der Waals surface area contributed by atoms with E-state index in [1.807, 2.05) is 0 Å². The Morgan fingerprint density at radius 1 is 0.938 bits per heavy atom. The highest BCUT2D eigenvalue weighted by Gasteiger charge is 2.29. The number of esters is 1. The van der Waals surface area contributed by atoms with E-state index in [-0.39, 0.29) is 10.0 Å². The van der Waals surface area contributed by atoms with E-state index in [0.717, 1.165) is 0 Å². The lowest BCUT2D eigenvalue weighted by molar-refractivity contribution is -0.150. The molecule has 1 N–H and O–H groups in total. The zero-order valence-corrected chi connectivity index (χ0v) is 19.9. The average Bonchev–Trinajstić information content (AvgIpc) is 2.66. The largest absolute Gasteiger partial charge is 0.460 e. The van der Waals surface area contributed by atoms with E-state index >= 15 is 0 Å². The highest BCUT2D eigenvalue weighted by molar-refractivity contribution is 6.31. The Labute approximate surface area is 196 Å². The molecule has 2 rings (SSSR count). The Kier molecular flexibility index (Phi) is 8.48. The first-order chi connectivity index (χ1) is 14.8. The van der Waals surface area contributed by atoms with Gasteiger partial charge in [0.2, 0.25) is 0 Å². The maximum absolute atomic E-state index is 14.1. The molecule has 0 radical (unpaired) electrons. The third kappa shape index (κ3) is 7.07. The molecule has 0 saturated carbocycles. The van der Waals surface area contributed by atoms with Crippen molar-refractivity contribution >= 4 is 35.3 Å². The van der Waals surface area contributed by atoms with Gasteiger partial charge in [0.15, 0.2) is 0 Å². The maximum Gasteiger partial charge on any atom is 0.408 e. The van der Waals surface area contributed by atoms with E-state index in [1.54, 1.807) is 39.8 Å². The number of hydrogen-bond donors (Lipinski definition) is 1. The molecule has 0 aliphatic carbocycles. The second kappa shape index (κ2) is 10.5. The number of alkyl carbamates (subject to hydrolysis) is 1. The fraction of sp³-hybridized carbons (Fsp3) is 0.391. The van der Waals surface area contributed by atoms with Gasteiger partial charge in [-0.05, 0) is 70.0 Å². The monoisotopic (exact) mass is 487 g/mol. The van der Waals surface area contributed by atoms with Crippen LogP contribution in [0.15, 0.2) is 36.4 Å². The lowest BCUT2D eigenvalue weighted by Crippen LogP contribution is -2.43. The number of benzene rings is 2. The molecular weight excluding hydrogens is 463 g/mol. The molecule has 2 aromatic carbocycles. The molecule has 5 nitrogen and oxygen atoms in total. The van der Waals surface area contributed by atoms with Crippen LogP contribution in [0.2, 0.25) is 10.0 Å². The fourth-order valence-electron chi connectivity index (χ4n) is 3.04. The number of amides is 1. The molecule has 0 heterocycles. The topological polar surface area (TPSA) is 64.6 Å². The second-order valence-electron chi connectivity index (χ2n) is 8.33. The highest BCUT2D eigenvalue weighted by Crippen LogP contribution is 2.33. The van der Waals surface area contributed by atoms with Gasteiger partial charge in [0.05, 0.1) is 10.0 Å². The van der Waals surface area contributed by atoms with Crippen molar-refractivity contribution in [3.63, 3.8) is 0 Å². The predicted octanol–water partition coefficient (Wildman–Crippen LogP) is 6.25. The van der Waals surface area contributed by atoms with Crippen molar-refractivity contribution in [1.29, 1.82) is 0 Å². The van der Waals surface area contributed by atoms with Crippen LogP contribution >= 0.6 is 23.2 Å². The van der Waals surface area contributed by atoms with Crippen molar-refractivity contribution in [2.45, 2.75) is 58.3 Å². The molecule has 0 aliphatic rings. The van der Waals surface area contributed by atoms with Crippen LogP contribution in [0.25, 0.3) is 0 Å². The van der Waals surface area contributed by atoms with E-state index in [4.69, 9.17) is 32.7 Å². The minimum Gasteiger partial charge on any atom is -0.460 e. The van der Waals surface area contributed by atoms with E-state index in [9.17, 15) is 18.4 Å². The third-order valence-corrected chi connectivity index (χ3v) is 5.08. The number of carbonyl (C=O) groups is 2. The number of hydrogen-bond acceptors (Lipinski definition) is 4. The van der Waals surface area contributed by atoms with Crippen molar-refractivity contribution in [2.75, 3.05) is 0 Å². The van der Waals surface area contributed by atoms with Gasteiger partial charge in [-0.1, -0.05) is 35.3 Å². The first-order valence-corrected chi connectivity index (χ1v) is 10.6. The van der Waals surface area contributed by atoms with Gasteiger partial charge in [0.1, 0.15) is 29.4 Å². The Hall–Kier alpha value is -2.38. The summed E-state index contributed by atoms with van der Waals surface area (Å²) >= 11 is 11.6. The molecule has 0 saturated heterocycles. The van der Waals surface area contributed by atoms with Crippen molar-refractivity contribution in [1.82, 2.24) is 5.32 Å². The Bertz CT molecular complexity index is 943. The van der Waals surface area contributed by atoms with Crippen LogP contribution < -0.4 is 5.32 Å². The maximum atomic E-state index is 14.1. The van der Waals surface area contributed by atoms with Gasteiger partial charge in [-0.15, -0.1) is 0 Å². The third-order valence-electron chi connectivity index (χ3n) is 4.46. The minimum atomic E-state index is -1.02. The lowest BCUT2D eigenvalue weighted by Gasteiger charge is -2.27. The summed E-state index contributed by atoms with van der Waals surface area (Å²) in [5.74, 6) is -2.80.